The molecule has 0 radical (unpaired) electrons. The molecule has 0 saturated heterocycles. The lowest BCUT2D eigenvalue weighted by molar-refractivity contribution is 0.0992. The average Bonchev–Trinajstić information content (AvgIpc) is 3.54. The van der Waals surface area contributed by atoms with Crippen LogP contribution in [0.15, 0.2) is 71.1 Å². The number of alkyl halides is 2. The second kappa shape index (κ2) is 10.8. The van der Waals surface area contributed by atoms with E-state index in [1.54, 1.807) is 54.6 Å². The van der Waals surface area contributed by atoms with Gasteiger partial charge in [-0.2, -0.15) is 0 Å². The van der Waals surface area contributed by atoms with Gasteiger partial charge in [0.2, 0.25) is 0 Å². The number of carbonyl (C=O) groups excluding carboxylic acids is 2. The molecule has 5 rings (SSSR count). The van der Waals surface area contributed by atoms with E-state index >= 15 is 0 Å². The molecule has 2 amide bonds. The van der Waals surface area contributed by atoms with Gasteiger partial charge >= 0.3 is 0 Å². The van der Waals surface area contributed by atoms with Crippen molar-refractivity contribution in [3.63, 3.8) is 0 Å². The molecule has 3 heterocycles. The Labute approximate surface area is 230 Å². The van der Waals surface area contributed by atoms with E-state index in [-0.39, 0.29) is 27.8 Å². The molecule has 3 aromatic heterocycles. The quantitative estimate of drug-likeness (QED) is 0.203. The lowest BCUT2D eigenvalue weighted by atomic mass is 10.0. The molecule has 39 heavy (non-hydrogen) atoms. The molecule has 0 unspecified atom stereocenters. The summed E-state index contributed by atoms with van der Waals surface area (Å²) in [7, 11) is 0. The highest BCUT2D eigenvalue weighted by Gasteiger charge is 2.26. The number of halogens is 3. The van der Waals surface area contributed by atoms with Crippen molar-refractivity contribution in [1.29, 1.82) is 0 Å². The fourth-order valence-corrected chi connectivity index (χ4v) is 5.11. The molecule has 5 aromatic rings. The minimum absolute atomic E-state index is 0.0253. The number of nitrogens with two attached hydrogens (primary N) is 1. The SMILES string of the molecule is Cc1cc(OCc2ccc(C(=O)Nc3c(C(N)=O)sc4nc(C(F)F)cc(-c5ccccc5)c34)o2)ccc1Cl. The summed E-state index contributed by atoms with van der Waals surface area (Å²) < 4.78 is 38.7. The zero-order valence-electron chi connectivity index (χ0n) is 20.3. The normalized spacial score (nSPS) is 11.2. The van der Waals surface area contributed by atoms with Crippen LogP contribution in [0, 0.1) is 6.92 Å². The van der Waals surface area contributed by atoms with Gasteiger partial charge in [0.05, 0.1) is 5.69 Å². The minimum atomic E-state index is -2.84. The Morgan fingerprint density at radius 3 is 2.59 bits per heavy atom. The van der Waals surface area contributed by atoms with E-state index in [1.807, 2.05) is 6.92 Å². The van der Waals surface area contributed by atoms with E-state index < -0.39 is 23.9 Å². The summed E-state index contributed by atoms with van der Waals surface area (Å²) in [5.41, 5.74) is 7.05. The van der Waals surface area contributed by atoms with Gasteiger partial charge in [-0.3, -0.25) is 9.59 Å². The van der Waals surface area contributed by atoms with Crippen LogP contribution in [0.3, 0.4) is 0 Å². The molecule has 7 nitrogen and oxygen atoms in total. The van der Waals surface area contributed by atoms with Crippen molar-refractivity contribution in [2.75, 3.05) is 5.32 Å². The Bertz CT molecular complexity index is 1700. The smallest absolute Gasteiger partial charge is 0.291 e. The van der Waals surface area contributed by atoms with Crippen molar-refractivity contribution in [1.82, 2.24) is 4.98 Å². The van der Waals surface area contributed by atoms with Crippen LogP contribution in [0.2, 0.25) is 5.02 Å². The Kier molecular flexibility index (Phi) is 7.32. The summed E-state index contributed by atoms with van der Waals surface area (Å²) >= 11 is 6.87. The van der Waals surface area contributed by atoms with Crippen LogP contribution >= 0.6 is 22.9 Å². The maximum absolute atomic E-state index is 13.7. The van der Waals surface area contributed by atoms with Crippen LogP contribution in [-0.2, 0) is 6.61 Å². The van der Waals surface area contributed by atoms with Crippen molar-refractivity contribution in [2.24, 2.45) is 5.73 Å². The molecule has 0 aliphatic rings. The monoisotopic (exact) mass is 567 g/mol. The molecule has 3 N–H and O–H groups in total. The number of fused-ring (bicyclic) bond motifs is 1. The molecule has 11 heteroatoms. The Morgan fingerprint density at radius 1 is 1.13 bits per heavy atom. The van der Waals surface area contributed by atoms with E-state index in [1.165, 1.54) is 12.1 Å². The highest BCUT2D eigenvalue weighted by molar-refractivity contribution is 7.21. The number of nitrogens with one attached hydrogen (secondary N) is 1. The zero-order chi connectivity index (χ0) is 27.7. The number of aromatic nitrogens is 1. The maximum Gasteiger partial charge on any atom is 0.291 e. The number of benzene rings is 2. The molecule has 0 aliphatic heterocycles. The third kappa shape index (κ3) is 5.47. The molecule has 198 valence electrons. The summed E-state index contributed by atoms with van der Waals surface area (Å²) in [4.78, 5) is 29.6. The van der Waals surface area contributed by atoms with Crippen LogP contribution < -0.4 is 15.8 Å². The maximum atomic E-state index is 13.7. The highest BCUT2D eigenvalue weighted by atomic mass is 35.5. The van der Waals surface area contributed by atoms with Gasteiger partial charge < -0.3 is 20.2 Å². The van der Waals surface area contributed by atoms with Crippen molar-refractivity contribution in [3.05, 3.63) is 99.4 Å². The summed E-state index contributed by atoms with van der Waals surface area (Å²) in [5, 5.41) is 3.63. The van der Waals surface area contributed by atoms with Gasteiger partial charge in [-0.05, 0) is 60.0 Å². The van der Waals surface area contributed by atoms with Crippen molar-refractivity contribution in [3.8, 4) is 16.9 Å². The summed E-state index contributed by atoms with van der Waals surface area (Å²) in [6.45, 7) is 1.91. The summed E-state index contributed by atoms with van der Waals surface area (Å²) in [6.07, 6.45) is -2.84. The lowest BCUT2D eigenvalue weighted by Crippen LogP contribution is -2.16. The lowest BCUT2D eigenvalue weighted by Gasteiger charge is -2.10. The third-order valence-corrected chi connectivity index (χ3v) is 7.37. The molecular weight excluding hydrogens is 548 g/mol. The second-order valence-electron chi connectivity index (χ2n) is 8.53. The average molecular weight is 568 g/mol. The van der Waals surface area contributed by atoms with Crippen LogP contribution in [0.4, 0.5) is 14.5 Å². The van der Waals surface area contributed by atoms with Crippen LogP contribution in [0.5, 0.6) is 5.75 Å². The van der Waals surface area contributed by atoms with Crippen LogP contribution in [0.1, 0.15) is 43.7 Å². The fraction of sp³-hybridized carbons (Fsp3) is 0.107. The number of anilines is 1. The number of primary amides is 1. The van der Waals surface area contributed by atoms with E-state index in [0.717, 1.165) is 16.9 Å². The Hall–Kier alpha value is -4.28. The Morgan fingerprint density at radius 2 is 1.90 bits per heavy atom. The molecule has 0 bridgehead atoms. The number of nitrogens with zero attached hydrogens (tertiary/aromatic N) is 1. The van der Waals surface area contributed by atoms with Gasteiger partial charge in [-0.15, -0.1) is 11.3 Å². The molecule has 0 atom stereocenters. The first-order valence-corrected chi connectivity index (χ1v) is 12.8. The van der Waals surface area contributed by atoms with E-state index in [0.29, 0.717) is 33.0 Å². The number of rotatable bonds is 8. The van der Waals surface area contributed by atoms with Gasteiger partial charge in [0.1, 0.15) is 33.5 Å². The number of aryl methyl sites for hydroxylation is 1. The van der Waals surface area contributed by atoms with Gasteiger partial charge in [0.15, 0.2) is 5.76 Å². The first-order chi connectivity index (χ1) is 18.7. The van der Waals surface area contributed by atoms with E-state index in [4.69, 9.17) is 26.5 Å². The summed E-state index contributed by atoms with van der Waals surface area (Å²) in [5.74, 6) is -0.583. The molecular formula is C28H20ClF2N3O4S. The number of pyridine rings is 1. The molecule has 0 saturated carbocycles. The molecule has 2 aromatic carbocycles. The number of furan rings is 1. The standard InChI is InChI=1S/C28H20ClF2N3O4S/c1-14-11-16(7-9-19(14)29)37-13-17-8-10-21(38-17)27(36)34-23-22-18(15-5-3-2-4-6-15)12-20(25(30)31)33-28(22)39-24(23)26(32)35/h2-12,25H,13H2,1H3,(H2,32,35)(H,34,36). The molecule has 0 fully saturated rings. The van der Waals surface area contributed by atoms with Crippen LogP contribution in [-0.4, -0.2) is 16.8 Å². The fourth-order valence-electron chi connectivity index (χ4n) is 3.98. The predicted molar refractivity (Wildman–Crippen MR) is 146 cm³/mol. The topological polar surface area (TPSA) is 107 Å². The zero-order valence-corrected chi connectivity index (χ0v) is 21.9. The minimum Gasteiger partial charge on any atom is -0.486 e. The largest absolute Gasteiger partial charge is 0.486 e. The number of ether oxygens (including phenoxy) is 1. The number of hydrogen-bond donors (Lipinski definition) is 2. The van der Waals surface area contributed by atoms with Crippen molar-refractivity contribution >= 4 is 50.7 Å². The van der Waals surface area contributed by atoms with Gasteiger partial charge in [0.25, 0.3) is 18.2 Å². The number of hydrogen-bond acceptors (Lipinski definition) is 6. The van der Waals surface area contributed by atoms with Gasteiger partial charge in [-0.1, -0.05) is 41.9 Å². The van der Waals surface area contributed by atoms with E-state index in [9.17, 15) is 18.4 Å². The molecule has 0 aliphatic carbocycles. The number of amides is 2. The second-order valence-corrected chi connectivity index (χ2v) is 9.94. The van der Waals surface area contributed by atoms with E-state index in [2.05, 4.69) is 10.3 Å². The van der Waals surface area contributed by atoms with Crippen LogP contribution in [0.25, 0.3) is 21.3 Å². The first kappa shape index (κ1) is 26.3. The number of carbonyl (C=O) groups is 2. The Balaban J connectivity index is 1.47. The first-order valence-electron chi connectivity index (χ1n) is 11.6. The molecule has 0 spiro atoms. The van der Waals surface area contributed by atoms with Crippen molar-refractivity contribution < 1.29 is 27.5 Å². The number of thiophene rings is 1. The summed E-state index contributed by atoms with van der Waals surface area (Å²) in [6, 6.07) is 18.3. The third-order valence-electron chi connectivity index (χ3n) is 5.85. The van der Waals surface area contributed by atoms with Crippen molar-refractivity contribution in [2.45, 2.75) is 20.0 Å². The van der Waals surface area contributed by atoms with Gasteiger partial charge in [-0.25, -0.2) is 13.8 Å². The van der Waals surface area contributed by atoms with Gasteiger partial charge in [0, 0.05) is 10.4 Å². The predicted octanol–water partition coefficient (Wildman–Crippen LogP) is 7.39. The highest BCUT2D eigenvalue weighted by Crippen LogP contribution is 2.42.